The van der Waals surface area contributed by atoms with Crippen LogP contribution >= 0.6 is 0 Å². The van der Waals surface area contributed by atoms with Crippen LogP contribution in [0.2, 0.25) is 0 Å². The predicted molar refractivity (Wildman–Crippen MR) is 93.5 cm³/mol. The third-order valence-corrected chi connectivity index (χ3v) is 3.86. The number of unbranched alkanes of at least 4 members (excludes halogenated alkanes) is 4. The highest BCUT2D eigenvalue weighted by atomic mass is 16.6. The van der Waals surface area contributed by atoms with E-state index in [0.717, 1.165) is 17.6 Å². The first-order valence-electron chi connectivity index (χ1n) is 9.15. The molecule has 0 aromatic carbocycles. The van der Waals surface area contributed by atoms with Crippen molar-refractivity contribution in [3.63, 3.8) is 0 Å². The van der Waals surface area contributed by atoms with Crippen LogP contribution in [0.25, 0.3) is 0 Å². The zero-order valence-corrected chi connectivity index (χ0v) is 15.8. The van der Waals surface area contributed by atoms with E-state index in [1.54, 1.807) is 0 Å². The quantitative estimate of drug-likeness (QED) is 0.248. The molecule has 0 atom stereocenters. The monoisotopic (exact) mass is 332 g/mol. The minimum Gasteiger partial charge on any atom is -0.463 e. The summed E-state index contributed by atoms with van der Waals surface area (Å²) in [6, 6.07) is 0. The van der Waals surface area contributed by atoms with Gasteiger partial charge in [-0.25, -0.2) is 0 Å². The lowest BCUT2D eigenvalue weighted by Gasteiger charge is -2.29. The fraction of sp³-hybridized carbons (Fsp3) is 0.944. The number of rotatable bonds is 16. The maximum atomic E-state index is 11.7. The van der Waals surface area contributed by atoms with Crippen LogP contribution in [0.5, 0.6) is 0 Å². The summed E-state index contributed by atoms with van der Waals surface area (Å²) in [7, 11) is 4.37. The molecule has 0 aliphatic carbocycles. The average Bonchev–Trinajstić information content (AvgIpc) is 2.52. The van der Waals surface area contributed by atoms with E-state index in [1.165, 1.54) is 32.1 Å². The summed E-state index contributed by atoms with van der Waals surface area (Å²) in [6.45, 7) is 8.74. The van der Waals surface area contributed by atoms with Gasteiger partial charge in [-0.1, -0.05) is 26.2 Å². The first-order chi connectivity index (χ1) is 11.0. The molecular formula is C18H38NO4+. The fourth-order valence-electron chi connectivity index (χ4n) is 2.30. The third-order valence-electron chi connectivity index (χ3n) is 3.86. The van der Waals surface area contributed by atoms with Crippen molar-refractivity contribution in [2.45, 2.75) is 52.4 Å². The van der Waals surface area contributed by atoms with Crippen LogP contribution in [0.1, 0.15) is 52.4 Å². The van der Waals surface area contributed by atoms with Gasteiger partial charge in [-0.15, -0.1) is 0 Å². The number of carbonyl (C=O) groups is 1. The molecule has 0 heterocycles. The molecule has 23 heavy (non-hydrogen) atoms. The van der Waals surface area contributed by atoms with Crippen LogP contribution in [0.4, 0.5) is 0 Å². The van der Waals surface area contributed by atoms with Crippen LogP contribution in [0.15, 0.2) is 0 Å². The summed E-state index contributed by atoms with van der Waals surface area (Å²) in [5, 5.41) is 0. The molecular weight excluding hydrogens is 294 g/mol. The number of hydrogen-bond donors (Lipinski definition) is 0. The van der Waals surface area contributed by atoms with Gasteiger partial charge in [0, 0.05) is 6.61 Å². The Balaban J connectivity index is 3.54. The summed E-state index contributed by atoms with van der Waals surface area (Å²) >= 11 is 0. The van der Waals surface area contributed by atoms with Gasteiger partial charge in [0.05, 0.1) is 53.4 Å². The minimum absolute atomic E-state index is 0.129. The lowest BCUT2D eigenvalue weighted by Crippen LogP contribution is -2.42. The van der Waals surface area contributed by atoms with Crippen LogP contribution in [-0.4, -0.2) is 70.7 Å². The Labute approximate surface area is 142 Å². The third kappa shape index (κ3) is 16.0. The molecule has 0 fully saturated rings. The van der Waals surface area contributed by atoms with Gasteiger partial charge in [-0.3, -0.25) is 4.79 Å². The number of carbonyl (C=O) groups excluding carboxylic acids is 1. The van der Waals surface area contributed by atoms with Crippen LogP contribution in [0.3, 0.4) is 0 Å². The van der Waals surface area contributed by atoms with Gasteiger partial charge >= 0.3 is 5.97 Å². The molecule has 5 nitrogen and oxygen atoms in total. The van der Waals surface area contributed by atoms with E-state index in [0.29, 0.717) is 39.5 Å². The molecule has 0 aromatic rings. The molecule has 0 amide bonds. The van der Waals surface area contributed by atoms with Crippen LogP contribution < -0.4 is 0 Å². The number of nitrogens with zero attached hydrogens (tertiary/aromatic N) is 1. The molecule has 0 unspecified atom stereocenters. The second-order valence-corrected chi connectivity index (χ2v) is 6.58. The Kier molecular flexibility index (Phi) is 14.5. The van der Waals surface area contributed by atoms with Crippen molar-refractivity contribution in [3.05, 3.63) is 0 Å². The van der Waals surface area contributed by atoms with Crippen molar-refractivity contribution >= 4 is 5.97 Å². The first-order valence-corrected chi connectivity index (χ1v) is 9.15. The van der Waals surface area contributed by atoms with Crippen LogP contribution in [-0.2, 0) is 19.0 Å². The number of ether oxygens (including phenoxy) is 3. The molecule has 0 N–H and O–H groups in total. The van der Waals surface area contributed by atoms with E-state index in [9.17, 15) is 4.79 Å². The summed E-state index contributed by atoms with van der Waals surface area (Å²) in [4.78, 5) is 11.7. The van der Waals surface area contributed by atoms with E-state index in [4.69, 9.17) is 14.2 Å². The molecule has 5 heteroatoms. The SMILES string of the molecule is CCCCCCC[N+](C)(C)CCC(=O)OCCOCCOCC. The lowest BCUT2D eigenvalue weighted by molar-refractivity contribution is -0.890. The number of esters is 1. The molecule has 0 radical (unpaired) electrons. The molecule has 0 bridgehead atoms. The summed E-state index contributed by atoms with van der Waals surface area (Å²) < 4.78 is 16.5. The highest BCUT2D eigenvalue weighted by Gasteiger charge is 2.17. The summed E-state index contributed by atoms with van der Waals surface area (Å²) in [5.74, 6) is -0.129. The maximum absolute atomic E-state index is 11.7. The molecule has 0 saturated carbocycles. The fourth-order valence-corrected chi connectivity index (χ4v) is 2.30. The molecule has 0 spiro atoms. The van der Waals surface area contributed by atoms with Gasteiger partial charge in [0.1, 0.15) is 6.61 Å². The van der Waals surface area contributed by atoms with Gasteiger partial charge < -0.3 is 18.7 Å². The predicted octanol–water partition coefficient (Wildman–Crippen LogP) is 3.02. The molecule has 0 aliphatic heterocycles. The van der Waals surface area contributed by atoms with E-state index in [2.05, 4.69) is 21.0 Å². The topological polar surface area (TPSA) is 44.8 Å². The van der Waals surface area contributed by atoms with E-state index >= 15 is 0 Å². The second-order valence-electron chi connectivity index (χ2n) is 6.58. The molecule has 138 valence electrons. The standard InChI is InChI=1S/C18H38NO4/c1-5-7-8-9-10-12-19(3,4)13-11-18(20)23-17-16-22-15-14-21-6-2/h5-17H2,1-4H3/q+1. The number of quaternary nitrogens is 1. The van der Waals surface area contributed by atoms with Crippen molar-refractivity contribution in [2.75, 3.05) is 60.2 Å². The van der Waals surface area contributed by atoms with Gasteiger partial charge in [0.2, 0.25) is 0 Å². The Bertz CT molecular complexity index is 282. The minimum atomic E-state index is -0.129. The molecule has 0 aliphatic rings. The van der Waals surface area contributed by atoms with Gasteiger partial charge in [-0.05, 0) is 19.8 Å². The highest BCUT2D eigenvalue weighted by molar-refractivity contribution is 5.69. The van der Waals surface area contributed by atoms with Crippen molar-refractivity contribution in [3.8, 4) is 0 Å². The van der Waals surface area contributed by atoms with Gasteiger partial charge in [-0.2, -0.15) is 0 Å². The van der Waals surface area contributed by atoms with E-state index in [1.807, 2.05) is 6.92 Å². The summed E-state index contributed by atoms with van der Waals surface area (Å²) in [6.07, 6.45) is 6.92. The number of hydrogen-bond acceptors (Lipinski definition) is 4. The van der Waals surface area contributed by atoms with Crippen molar-refractivity contribution in [2.24, 2.45) is 0 Å². The first kappa shape index (κ1) is 22.4. The highest BCUT2D eigenvalue weighted by Crippen LogP contribution is 2.08. The normalized spacial score (nSPS) is 11.7. The Morgan fingerprint density at radius 3 is 2.17 bits per heavy atom. The van der Waals surface area contributed by atoms with Gasteiger partial charge in [0.15, 0.2) is 0 Å². The smallest absolute Gasteiger partial charge is 0.311 e. The van der Waals surface area contributed by atoms with Crippen molar-refractivity contribution in [1.29, 1.82) is 0 Å². The molecule has 0 rings (SSSR count). The largest absolute Gasteiger partial charge is 0.463 e. The van der Waals surface area contributed by atoms with E-state index < -0.39 is 0 Å². The summed E-state index contributed by atoms with van der Waals surface area (Å²) in [5.41, 5.74) is 0. The van der Waals surface area contributed by atoms with E-state index in [-0.39, 0.29) is 5.97 Å². The zero-order chi connectivity index (χ0) is 17.4. The molecule has 0 saturated heterocycles. The average molecular weight is 333 g/mol. The molecule has 0 aromatic heterocycles. The van der Waals surface area contributed by atoms with Crippen molar-refractivity contribution in [1.82, 2.24) is 0 Å². The Morgan fingerprint density at radius 1 is 0.826 bits per heavy atom. The van der Waals surface area contributed by atoms with Crippen LogP contribution in [0, 0.1) is 0 Å². The maximum Gasteiger partial charge on any atom is 0.311 e. The second kappa shape index (κ2) is 14.9. The zero-order valence-electron chi connectivity index (χ0n) is 15.8. The van der Waals surface area contributed by atoms with Gasteiger partial charge in [0.25, 0.3) is 0 Å². The lowest BCUT2D eigenvalue weighted by atomic mass is 10.1. The Hall–Kier alpha value is -0.650. The Morgan fingerprint density at radius 2 is 1.48 bits per heavy atom. The van der Waals surface area contributed by atoms with Crippen molar-refractivity contribution < 1.29 is 23.5 Å².